The van der Waals surface area contributed by atoms with Crippen LogP contribution in [0.3, 0.4) is 0 Å². The van der Waals surface area contributed by atoms with Gasteiger partial charge in [0.2, 0.25) is 0 Å². The zero-order valence-corrected chi connectivity index (χ0v) is 9.42. The summed E-state index contributed by atoms with van der Waals surface area (Å²) in [7, 11) is 0. The van der Waals surface area contributed by atoms with Gasteiger partial charge in [-0.3, -0.25) is 0 Å². The van der Waals surface area contributed by atoms with Crippen LogP contribution in [-0.2, 0) is 6.61 Å². The van der Waals surface area contributed by atoms with Gasteiger partial charge < -0.3 is 4.74 Å². The fourth-order valence-electron chi connectivity index (χ4n) is 1.27. The first-order chi connectivity index (χ1) is 8.16. The molecule has 2 nitrogen and oxygen atoms in total. The second kappa shape index (κ2) is 5.10. The lowest BCUT2D eigenvalue weighted by Crippen LogP contribution is -1.98. The van der Waals surface area contributed by atoms with E-state index in [0.29, 0.717) is 11.3 Å². The zero-order chi connectivity index (χ0) is 12.3. The van der Waals surface area contributed by atoms with Crippen LogP contribution < -0.4 is 4.74 Å². The average Bonchev–Trinajstić information content (AvgIpc) is 2.32. The molecule has 1 aromatic carbocycles. The van der Waals surface area contributed by atoms with Gasteiger partial charge in [0.05, 0.1) is 0 Å². The lowest BCUT2D eigenvalue weighted by Gasteiger charge is -2.07. The Bertz CT molecular complexity index is 534. The summed E-state index contributed by atoms with van der Waals surface area (Å²) in [4.78, 5) is 3.83. The van der Waals surface area contributed by atoms with Gasteiger partial charge in [-0.15, -0.1) is 0 Å². The number of benzene rings is 1. The van der Waals surface area contributed by atoms with Crippen molar-refractivity contribution in [1.82, 2.24) is 4.98 Å². The van der Waals surface area contributed by atoms with Crippen molar-refractivity contribution in [3.8, 4) is 5.75 Å². The first-order valence-electron chi connectivity index (χ1n) is 4.84. The van der Waals surface area contributed by atoms with Crippen molar-refractivity contribution in [1.29, 1.82) is 0 Å². The van der Waals surface area contributed by atoms with E-state index in [9.17, 15) is 8.78 Å². The van der Waals surface area contributed by atoms with Crippen LogP contribution in [0.25, 0.3) is 0 Å². The van der Waals surface area contributed by atoms with E-state index in [4.69, 9.17) is 16.3 Å². The Hall–Kier alpha value is -1.68. The maximum atomic E-state index is 12.9. The fourth-order valence-corrected chi connectivity index (χ4v) is 1.44. The number of aromatic nitrogens is 1. The van der Waals surface area contributed by atoms with Gasteiger partial charge in [0.25, 0.3) is 0 Å². The summed E-state index contributed by atoms with van der Waals surface area (Å²) in [6.45, 7) is 0.0998. The van der Waals surface area contributed by atoms with Crippen molar-refractivity contribution in [2.24, 2.45) is 0 Å². The van der Waals surface area contributed by atoms with Gasteiger partial charge in [0, 0.05) is 6.20 Å². The van der Waals surface area contributed by atoms with Crippen LogP contribution in [0.15, 0.2) is 36.5 Å². The molecule has 2 rings (SSSR count). The predicted molar refractivity (Wildman–Crippen MR) is 59.9 cm³/mol. The molecule has 0 aliphatic heterocycles. The standard InChI is InChI=1S/C12H8ClF2NO/c13-12-11(2-1-5-16-12)17-7-8-3-4-9(14)10(15)6-8/h1-6H,7H2. The van der Waals surface area contributed by atoms with Crippen LogP contribution >= 0.6 is 11.6 Å². The SMILES string of the molecule is Fc1ccc(COc2cccnc2Cl)cc1F. The number of rotatable bonds is 3. The molecule has 0 N–H and O–H groups in total. The third-order valence-electron chi connectivity index (χ3n) is 2.10. The lowest BCUT2D eigenvalue weighted by molar-refractivity contribution is 0.304. The molecule has 5 heteroatoms. The first-order valence-corrected chi connectivity index (χ1v) is 5.22. The molecule has 0 spiro atoms. The average molecular weight is 256 g/mol. The molecule has 0 radical (unpaired) electrons. The molecule has 2 aromatic rings. The second-order valence-corrected chi connectivity index (χ2v) is 3.69. The van der Waals surface area contributed by atoms with E-state index in [2.05, 4.69) is 4.98 Å². The van der Waals surface area contributed by atoms with E-state index < -0.39 is 11.6 Å². The van der Waals surface area contributed by atoms with Crippen LogP contribution in [-0.4, -0.2) is 4.98 Å². The van der Waals surface area contributed by atoms with Crippen LogP contribution in [0, 0.1) is 11.6 Å². The predicted octanol–water partition coefficient (Wildman–Crippen LogP) is 3.59. The van der Waals surface area contributed by atoms with Gasteiger partial charge in [0.15, 0.2) is 22.5 Å². The van der Waals surface area contributed by atoms with Crippen LogP contribution in [0.2, 0.25) is 5.15 Å². The largest absolute Gasteiger partial charge is 0.486 e. The highest BCUT2D eigenvalue weighted by Crippen LogP contribution is 2.21. The van der Waals surface area contributed by atoms with Gasteiger partial charge in [0.1, 0.15) is 6.61 Å². The lowest BCUT2D eigenvalue weighted by atomic mass is 10.2. The Morgan fingerprint density at radius 3 is 2.71 bits per heavy atom. The first kappa shape index (κ1) is 11.8. The van der Waals surface area contributed by atoms with E-state index in [1.54, 1.807) is 12.1 Å². The highest BCUT2D eigenvalue weighted by atomic mass is 35.5. The normalized spacial score (nSPS) is 10.3. The monoisotopic (exact) mass is 255 g/mol. The van der Waals surface area contributed by atoms with E-state index >= 15 is 0 Å². The van der Waals surface area contributed by atoms with Crippen molar-refractivity contribution in [2.75, 3.05) is 0 Å². The van der Waals surface area contributed by atoms with Gasteiger partial charge >= 0.3 is 0 Å². The molecule has 0 atom stereocenters. The molecule has 0 saturated carbocycles. The maximum Gasteiger partial charge on any atom is 0.171 e. The fraction of sp³-hybridized carbons (Fsp3) is 0.0833. The molecule has 0 amide bonds. The quantitative estimate of drug-likeness (QED) is 0.782. The molecule has 17 heavy (non-hydrogen) atoms. The Morgan fingerprint density at radius 1 is 1.18 bits per heavy atom. The summed E-state index contributed by atoms with van der Waals surface area (Å²) in [5.41, 5.74) is 0.517. The Labute approximate surface area is 102 Å². The third kappa shape index (κ3) is 2.91. The van der Waals surface area contributed by atoms with Crippen LogP contribution in [0.4, 0.5) is 8.78 Å². The van der Waals surface area contributed by atoms with Crippen molar-refractivity contribution in [3.63, 3.8) is 0 Å². The van der Waals surface area contributed by atoms with Crippen molar-refractivity contribution < 1.29 is 13.5 Å². The summed E-state index contributed by atoms with van der Waals surface area (Å²) in [6.07, 6.45) is 1.53. The molecule has 0 aliphatic rings. The smallest absolute Gasteiger partial charge is 0.171 e. The number of halogens is 3. The molecular weight excluding hydrogens is 248 g/mol. The molecule has 88 valence electrons. The molecule has 1 aromatic heterocycles. The molecule has 0 unspecified atom stereocenters. The molecule has 0 bridgehead atoms. The maximum absolute atomic E-state index is 12.9. The van der Waals surface area contributed by atoms with Gasteiger partial charge in [-0.25, -0.2) is 13.8 Å². The van der Waals surface area contributed by atoms with E-state index in [-0.39, 0.29) is 11.8 Å². The Kier molecular flexibility index (Phi) is 3.54. The summed E-state index contributed by atoms with van der Waals surface area (Å²) >= 11 is 5.78. The van der Waals surface area contributed by atoms with Crippen molar-refractivity contribution in [2.45, 2.75) is 6.61 Å². The number of pyridine rings is 1. The Morgan fingerprint density at radius 2 is 2.00 bits per heavy atom. The van der Waals surface area contributed by atoms with E-state index in [1.165, 1.54) is 12.3 Å². The van der Waals surface area contributed by atoms with Crippen molar-refractivity contribution >= 4 is 11.6 Å². The molecule has 0 saturated heterocycles. The third-order valence-corrected chi connectivity index (χ3v) is 2.39. The topological polar surface area (TPSA) is 22.1 Å². The minimum absolute atomic E-state index is 0.0998. The summed E-state index contributed by atoms with van der Waals surface area (Å²) in [5, 5.41) is 0.232. The van der Waals surface area contributed by atoms with E-state index in [0.717, 1.165) is 12.1 Å². The summed E-state index contributed by atoms with van der Waals surface area (Å²) in [6, 6.07) is 6.91. The Balaban J connectivity index is 2.08. The van der Waals surface area contributed by atoms with E-state index in [1.807, 2.05) is 0 Å². The highest BCUT2D eigenvalue weighted by Gasteiger charge is 2.05. The molecule has 1 heterocycles. The zero-order valence-electron chi connectivity index (χ0n) is 8.66. The van der Waals surface area contributed by atoms with Crippen molar-refractivity contribution in [3.05, 3.63) is 58.9 Å². The highest BCUT2D eigenvalue weighted by molar-refractivity contribution is 6.30. The van der Waals surface area contributed by atoms with Gasteiger partial charge in [-0.2, -0.15) is 0 Å². The number of hydrogen-bond acceptors (Lipinski definition) is 2. The molecule has 0 fully saturated rings. The second-order valence-electron chi connectivity index (χ2n) is 3.33. The van der Waals surface area contributed by atoms with Gasteiger partial charge in [-0.05, 0) is 29.8 Å². The van der Waals surface area contributed by atoms with Gasteiger partial charge in [-0.1, -0.05) is 17.7 Å². The van der Waals surface area contributed by atoms with Crippen LogP contribution in [0.1, 0.15) is 5.56 Å². The summed E-state index contributed by atoms with van der Waals surface area (Å²) < 4.78 is 30.9. The number of hydrogen-bond donors (Lipinski definition) is 0. The summed E-state index contributed by atoms with van der Waals surface area (Å²) in [5.74, 6) is -1.38. The molecular formula is C12H8ClF2NO. The van der Waals surface area contributed by atoms with Crippen LogP contribution in [0.5, 0.6) is 5.75 Å². The minimum atomic E-state index is -0.900. The molecule has 0 aliphatic carbocycles. The number of nitrogens with zero attached hydrogens (tertiary/aromatic N) is 1. The minimum Gasteiger partial charge on any atom is -0.486 e. The number of ether oxygens (including phenoxy) is 1.